The smallest absolute Gasteiger partial charge is 0.269 e. The van der Waals surface area contributed by atoms with Gasteiger partial charge < -0.3 is 15.2 Å². The number of rotatable bonds is 8. The van der Waals surface area contributed by atoms with Crippen LogP contribution in [-0.2, 0) is 13.0 Å². The molecular weight excluding hydrogens is 326 g/mol. The van der Waals surface area contributed by atoms with E-state index in [0.29, 0.717) is 12.2 Å². The highest BCUT2D eigenvalue weighted by molar-refractivity contribution is 5.93. The Balaban J connectivity index is 1.57. The van der Waals surface area contributed by atoms with Crippen molar-refractivity contribution in [2.75, 3.05) is 18.4 Å². The Morgan fingerprint density at radius 1 is 1.12 bits per heavy atom. The van der Waals surface area contributed by atoms with Crippen LogP contribution in [0, 0.1) is 0 Å². The fourth-order valence-electron chi connectivity index (χ4n) is 2.73. The summed E-state index contributed by atoms with van der Waals surface area (Å²) in [4.78, 5) is 20.4. The van der Waals surface area contributed by atoms with Crippen LogP contribution in [0.1, 0.15) is 28.8 Å². The summed E-state index contributed by atoms with van der Waals surface area (Å²) < 4.78 is 2.16. The van der Waals surface area contributed by atoms with Gasteiger partial charge in [-0.25, -0.2) is 4.98 Å². The van der Waals surface area contributed by atoms with Crippen LogP contribution in [0.2, 0.25) is 0 Å². The van der Waals surface area contributed by atoms with E-state index in [-0.39, 0.29) is 5.91 Å². The molecule has 2 N–H and O–H groups in total. The van der Waals surface area contributed by atoms with Gasteiger partial charge in [-0.15, -0.1) is 0 Å². The zero-order valence-corrected chi connectivity index (χ0v) is 14.9. The standard InChI is InChI=1S/C20H23N5O/c1-2-21-20(26)18-14-17(8-10-23-18)22-11-9-19-24-12-13-25(19)15-16-6-4-3-5-7-16/h3-8,10,12-14H,2,9,11,15H2,1H3,(H,21,26)(H,22,23). The zero-order chi connectivity index (χ0) is 18.2. The molecule has 0 aliphatic carbocycles. The summed E-state index contributed by atoms with van der Waals surface area (Å²) in [6, 6.07) is 14.0. The number of nitrogens with zero attached hydrogens (tertiary/aromatic N) is 3. The summed E-state index contributed by atoms with van der Waals surface area (Å²) in [5.41, 5.74) is 2.55. The maximum atomic E-state index is 11.9. The summed E-state index contributed by atoms with van der Waals surface area (Å²) in [5, 5.41) is 6.09. The van der Waals surface area contributed by atoms with Crippen molar-refractivity contribution in [3.63, 3.8) is 0 Å². The highest BCUT2D eigenvalue weighted by Crippen LogP contribution is 2.10. The molecule has 2 heterocycles. The van der Waals surface area contributed by atoms with Gasteiger partial charge in [0, 0.05) is 50.3 Å². The molecule has 0 aliphatic heterocycles. The van der Waals surface area contributed by atoms with Crippen molar-refractivity contribution in [2.45, 2.75) is 19.9 Å². The fourth-order valence-corrected chi connectivity index (χ4v) is 2.73. The second-order valence-corrected chi connectivity index (χ2v) is 5.92. The lowest BCUT2D eigenvalue weighted by atomic mass is 10.2. The SMILES string of the molecule is CCNC(=O)c1cc(NCCc2nccn2Cc2ccccc2)ccn1. The molecule has 0 aliphatic rings. The Morgan fingerprint density at radius 3 is 2.77 bits per heavy atom. The van der Waals surface area contributed by atoms with Gasteiger partial charge in [0.1, 0.15) is 11.5 Å². The van der Waals surface area contributed by atoms with Gasteiger partial charge in [-0.3, -0.25) is 9.78 Å². The third-order valence-corrected chi connectivity index (χ3v) is 4.01. The molecule has 0 radical (unpaired) electrons. The lowest BCUT2D eigenvalue weighted by molar-refractivity contribution is 0.0951. The summed E-state index contributed by atoms with van der Waals surface area (Å²) in [6.07, 6.45) is 6.27. The van der Waals surface area contributed by atoms with Crippen molar-refractivity contribution in [3.8, 4) is 0 Å². The van der Waals surface area contributed by atoms with E-state index >= 15 is 0 Å². The van der Waals surface area contributed by atoms with E-state index in [4.69, 9.17) is 0 Å². The molecule has 6 heteroatoms. The van der Waals surface area contributed by atoms with E-state index < -0.39 is 0 Å². The summed E-state index contributed by atoms with van der Waals surface area (Å²) in [6.45, 7) is 4.01. The van der Waals surface area contributed by atoms with Crippen LogP contribution in [0.25, 0.3) is 0 Å². The number of amides is 1. The predicted molar refractivity (Wildman–Crippen MR) is 102 cm³/mol. The third kappa shape index (κ3) is 4.69. The van der Waals surface area contributed by atoms with Crippen LogP contribution in [0.4, 0.5) is 5.69 Å². The average molecular weight is 349 g/mol. The molecule has 3 aromatic rings. The molecule has 0 spiro atoms. The molecule has 1 aromatic carbocycles. The zero-order valence-electron chi connectivity index (χ0n) is 14.9. The quantitative estimate of drug-likeness (QED) is 0.656. The second-order valence-electron chi connectivity index (χ2n) is 5.92. The minimum absolute atomic E-state index is 0.158. The van der Waals surface area contributed by atoms with Gasteiger partial charge in [0.05, 0.1) is 0 Å². The Morgan fingerprint density at radius 2 is 1.96 bits per heavy atom. The molecule has 0 atom stereocenters. The minimum atomic E-state index is -0.158. The number of carbonyl (C=O) groups excluding carboxylic acids is 1. The fraction of sp³-hybridized carbons (Fsp3) is 0.250. The third-order valence-electron chi connectivity index (χ3n) is 4.01. The molecule has 134 valence electrons. The normalized spacial score (nSPS) is 10.5. The van der Waals surface area contributed by atoms with Gasteiger partial charge in [0.15, 0.2) is 0 Å². The molecule has 1 amide bonds. The van der Waals surface area contributed by atoms with Crippen LogP contribution < -0.4 is 10.6 Å². The number of nitrogens with one attached hydrogen (secondary N) is 2. The highest BCUT2D eigenvalue weighted by atomic mass is 16.1. The van der Waals surface area contributed by atoms with Crippen molar-refractivity contribution >= 4 is 11.6 Å². The Labute approximate surface area is 153 Å². The molecule has 0 unspecified atom stereocenters. The van der Waals surface area contributed by atoms with Crippen molar-refractivity contribution in [1.82, 2.24) is 19.9 Å². The number of anilines is 1. The monoisotopic (exact) mass is 349 g/mol. The first kappa shape index (κ1) is 17.7. The van der Waals surface area contributed by atoms with Gasteiger partial charge >= 0.3 is 0 Å². The first-order valence-electron chi connectivity index (χ1n) is 8.78. The van der Waals surface area contributed by atoms with Crippen molar-refractivity contribution in [3.05, 3.63) is 78.1 Å². The van der Waals surface area contributed by atoms with Crippen LogP contribution in [0.3, 0.4) is 0 Å². The van der Waals surface area contributed by atoms with E-state index in [1.165, 1.54) is 5.56 Å². The van der Waals surface area contributed by atoms with Crippen molar-refractivity contribution in [2.24, 2.45) is 0 Å². The number of carbonyl (C=O) groups is 1. The van der Waals surface area contributed by atoms with Gasteiger partial charge in [0.2, 0.25) is 0 Å². The van der Waals surface area contributed by atoms with Gasteiger partial charge in [0.25, 0.3) is 5.91 Å². The number of pyridine rings is 1. The second kappa shape index (κ2) is 8.80. The molecular formula is C20H23N5O. The molecule has 0 fully saturated rings. The Kier molecular flexibility index (Phi) is 5.98. The topological polar surface area (TPSA) is 71.8 Å². The first-order chi connectivity index (χ1) is 12.8. The van der Waals surface area contributed by atoms with Crippen LogP contribution in [-0.4, -0.2) is 33.5 Å². The van der Waals surface area contributed by atoms with Gasteiger partial charge in [-0.05, 0) is 24.6 Å². The molecule has 0 saturated heterocycles. The lowest BCUT2D eigenvalue weighted by Crippen LogP contribution is -2.23. The molecule has 0 saturated carbocycles. The molecule has 26 heavy (non-hydrogen) atoms. The first-order valence-corrected chi connectivity index (χ1v) is 8.78. The number of hydrogen-bond donors (Lipinski definition) is 2. The summed E-state index contributed by atoms with van der Waals surface area (Å²) in [7, 11) is 0. The number of benzene rings is 1. The van der Waals surface area contributed by atoms with Crippen LogP contribution in [0.5, 0.6) is 0 Å². The van der Waals surface area contributed by atoms with Crippen LogP contribution in [0.15, 0.2) is 61.1 Å². The molecule has 6 nitrogen and oxygen atoms in total. The number of hydrogen-bond acceptors (Lipinski definition) is 4. The Hall–Kier alpha value is -3.15. The van der Waals surface area contributed by atoms with E-state index in [2.05, 4.69) is 37.3 Å². The van der Waals surface area contributed by atoms with E-state index in [1.54, 1.807) is 12.3 Å². The van der Waals surface area contributed by atoms with E-state index in [1.807, 2.05) is 43.6 Å². The van der Waals surface area contributed by atoms with Gasteiger partial charge in [-0.1, -0.05) is 30.3 Å². The van der Waals surface area contributed by atoms with E-state index in [9.17, 15) is 4.79 Å². The summed E-state index contributed by atoms with van der Waals surface area (Å²) >= 11 is 0. The minimum Gasteiger partial charge on any atom is -0.384 e. The van der Waals surface area contributed by atoms with Crippen molar-refractivity contribution in [1.29, 1.82) is 0 Å². The van der Waals surface area contributed by atoms with Gasteiger partial charge in [-0.2, -0.15) is 0 Å². The Bertz CT molecular complexity index is 844. The van der Waals surface area contributed by atoms with E-state index in [0.717, 1.165) is 31.0 Å². The number of imidazole rings is 1. The maximum Gasteiger partial charge on any atom is 0.269 e. The largest absolute Gasteiger partial charge is 0.384 e. The molecule has 2 aromatic heterocycles. The predicted octanol–water partition coefficient (Wildman–Crippen LogP) is 2.73. The molecule has 3 rings (SSSR count). The highest BCUT2D eigenvalue weighted by Gasteiger charge is 2.07. The van der Waals surface area contributed by atoms with Crippen LogP contribution >= 0.6 is 0 Å². The maximum absolute atomic E-state index is 11.9. The molecule has 0 bridgehead atoms. The summed E-state index contributed by atoms with van der Waals surface area (Å²) in [5.74, 6) is 0.869. The van der Waals surface area contributed by atoms with Crippen molar-refractivity contribution < 1.29 is 4.79 Å². The lowest BCUT2D eigenvalue weighted by Gasteiger charge is -2.10. The number of aromatic nitrogens is 3. The average Bonchev–Trinajstić information content (AvgIpc) is 3.10.